The van der Waals surface area contributed by atoms with Crippen LogP contribution in [0.1, 0.15) is 0 Å². The van der Waals surface area contributed by atoms with Crippen molar-refractivity contribution in [2.45, 2.75) is 0 Å². The molecule has 0 saturated heterocycles. The lowest BCUT2D eigenvalue weighted by Gasteiger charge is -2.27. The summed E-state index contributed by atoms with van der Waals surface area (Å²) < 4.78 is 0. The van der Waals surface area contributed by atoms with Crippen LogP contribution < -0.4 is 4.90 Å². The van der Waals surface area contributed by atoms with Crippen molar-refractivity contribution in [3.05, 3.63) is 237 Å². The molecule has 0 bridgehead atoms. The highest BCUT2D eigenvalue weighted by Gasteiger charge is 2.18. The van der Waals surface area contributed by atoms with Crippen molar-refractivity contribution in [2.75, 3.05) is 4.90 Å². The quantitative estimate of drug-likeness (QED) is 0.141. The maximum atomic E-state index is 2.39. The van der Waals surface area contributed by atoms with Gasteiger partial charge in [-0.05, 0) is 120 Å². The van der Waals surface area contributed by atoms with E-state index in [0.29, 0.717) is 0 Å². The van der Waals surface area contributed by atoms with Gasteiger partial charge in [0.15, 0.2) is 0 Å². The van der Waals surface area contributed by atoms with Crippen LogP contribution >= 0.6 is 0 Å². The van der Waals surface area contributed by atoms with E-state index in [0.717, 1.165) is 17.1 Å². The second-order valence-corrected chi connectivity index (χ2v) is 14.5. The number of fused-ring (bicyclic) bond motifs is 3. The highest BCUT2D eigenvalue weighted by molar-refractivity contribution is 6.13. The van der Waals surface area contributed by atoms with Crippen LogP contribution in [0.4, 0.5) is 17.1 Å². The van der Waals surface area contributed by atoms with Gasteiger partial charge in [-0.2, -0.15) is 0 Å². The Bertz CT molecular complexity index is 2970. The molecule has 0 N–H and O–H groups in total. The molecule has 0 amide bonds. The van der Waals surface area contributed by atoms with Crippen LogP contribution in [-0.4, -0.2) is 0 Å². The molecule has 268 valence electrons. The Balaban J connectivity index is 1.11. The van der Waals surface area contributed by atoms with Gasteiger partial charge in [0.05, 0.1) is 0 Å². The minimum atomic E-state index is 1.09. The number of nitrogens with zero attached hydrogens (tertiary/aromatic N) is 1. The van der Waals surface area contributed by atoms with Crippen LogP contribution in [0.15, 0.2) is 237 Å². The summed E-state index contributed by atoms with van der Waals surface area (Å²) in [6, 6.07) is 85.6. The van der Waals surface area contributed by atoms with E-state index < -0.39 is 0 Å². The summed E-state index contributed by atoms with van der Waals surface area (Å²) in [5.74, 6) is 0. The molecule has 1 heteroatoms. The Morgan fingerprint density at radius 1 is 0.211 bits per heavy atom. The summed E-state index contributed by atoms with van der Waals surface area (Å²) in [6.45, 7) is 0. The van der Waals surface area contributed by atoms with Crippen LogP contribution in [0.2, 0.25) is 0 Å². The van der Waals surface area contributed by atoms with E-state index in [1.165, 1.54) is 77.2 Å². The monoisotopic (exact) mass is 725 g/mol. The van der Waals surface area contributed by atoms with Gasteiger partial charge >= 0.3 is 0 Å². The fourth-order valence-electron chi connectivity index (χ4n) is 8.24. The summed E-state index contributed by atoms with van der Waals surface area (Å²) in [6.07, 6.45) is 0. The zero-order valence-electron chi connectivity index (χ0n) is 31.5. The lowest BCUT2D eigenvalue weighted by atomic mass is 9.93. The van der Waals surface area contributed by atoms with Crippen molar-refractivity contribution < 1.29 is 0 Å². The predicted molar refractivity (Wildman–Crippen MR) is 243 cm³/mol. The van der Waals surface area contributed by atoms with E-state index >= 15 is 0 Å². The van der Waals surface area contributed by atoms with Gasteiger partial charge in [-0.15, -0.1) is 0 Å². The smallest absolute Gasteiger partial charge is 0.0468 e. The number of anilines is 3. The van der Waals surface area contributed by atoms with E-state index in [9.17, 15) is 0 Å². The third kappa shape index (κ3) is 6.66. The lowest BCUT2D eigenvalue weighted by molar-refractivity contribution is 1.28. The van der Waals surface area contributed by atoms with Gasteiger partial charge in [0.25, 0.3) is 0 Å². The van der Waals surface area contributed by atoms with Gasteiger partial charge in [0.1, 0.15) is 0 Å². The summed E-state index contributed by atoms with van der Waals surface area (Å²) in [7, 11) is 0. The average Bonchev–Trinajstić information content (AvgIpc) is 3.30. The number of hydrogen-bond acceptors (Lipinski definition) is 1. The van der Waals surface area contributed by atoms with E-state index in [1.54, 1.807) is 0 Å². The minimum Gasteiger partial charge on any atom is -0.310 e. The Morgan fingerprint density at radius 2 is 0.667 bits per heavy atom. The van der Waals surface area contributed by atoms with Crippen molar-refractivity contribution in [3.63, 3.8) is 0 Å². The molecule has 1 nitrogen and oxygen atoms in total. The predicted octanol–water partition coefficient (Wildman–Crippen LogP) is 15.8. The highest BCUT2D eigenvalue weighted by atomic mass is 15.1. The first-order chi connectivity index (χ1) is 28.3. The number of hydrogen-bond donors (Lipinski definition) is 0. The fourth-order valence-corrected chi connectivity index (χ4v) is 8.24. The van der Waals surface area contributed by atoms with Gasteiger partial charge in [-0.3, -0.25) is 0 Å². The van der Waals surface area contributed by atoms with Crippen LogP contribution in [-0.2, 0) is 0 Å². The van der Waals surface area contributed by atoms with Gasteiger partial charge in [-0.25, -0.2) is 0 Å². The summed E-state index contributed by atoms with van der Waals surface area (Å²) >= 11 is 0. The fraction of sp³-hybridized carbons (Fsp3) is 0. The van der Waals surface area contributed by atoms with Gasteiger partial charge < -0.3 is 4.90 Å². The third-order valence-electron chi connectivity index (χ3n) is 11.1. The molecule has 10 rings (SSSR count). The van der Waals surface area contributed by atoms with Gasteiger partial charge in [0.2, 0.25) is 0 Å². The Hall–Kier alpha value is -7.48. The molecular formula is C56H39N. The second-order valence-electron chi connectivity index (χ2n) is 14.5. The normalized spacial score (nSPS) is 11.2. The van der Waals surface area contributed by atoms with Crippen LogP contribution in [0.5, 0.6) is 0 Å². The largest absolute Gasteiger partial charge is 0.310 e. The van der Waals surface area contributed by atoms with Crippen LogP contribution in [0.25, 0.3) is 77.2 Å². The van der Waals surface area contributed by atoms with Crippen molar-refractivity contribution in [3.8, 4) is 55.6 Å². The standard InChI is InChI=1S/C56H39N/c1-4-15-40(16-5-1)41-27-29-42(30-28-41)46-22-14-23-49(37-46)57(50-35-36-52(43-17-6-2-7-18-43)56(39-50)44-19-8-3-9-20-44)48-33-31-45(32-34-48)55-38-47-21-10-11-24-51(47)53-25-12-13-26-54(53)55/h1-39H. The van der Waals surface area contributed by atoms with Crippen molar-refractivity contribution in [1.29, 1.82) is 0 Å². The van der Waals surface area contributed by atoms with Crippen LogP contribution in [0.3, 0.4) is 0 Å². The molecule has 0 aromatic heterocycles. The molecule has 10 aromatic carbocycles. The Morgan fingerprint density at radius 3 is 1.35 bits per heavy atom. The molecule has 0 atom stereocenters. The minimum absolute atomic E-state index is 1.09. The molecule has 0 radical (unpaired) electrons. The molecular weight excluding hydrogens is 687 g/mol. The SMILES string of the molecule is c1ccc(-c2ccc(-c3cccc(N(c4ccc(-c5cc6ccccc6c6ccccc56)cc4)c4ccc(-c5ccccc5)c(-c5ccccc5)c4)c3)cc2)cc1. The summed E-state index contributed by atoms with van der Waals surface area (Å²) in [4.78, 5) is 2.39. The molecule has 0 fully saturated rings. The number of rotatable bonds is 8. The summed E-state index contributed by atoms with van der Waals surface area (Å²) in [5, 5.41) is 5.06. The first kappa shape index (κ1) is 34.0. The van der Waals surface area contributed by atoms with E-state index in [1.807, 2.05) is 0 Å². The maximum Gasteiger partial charge on any atom is 0.0468 e. The molecule has 0 aliphatic rings. The molecule has 57 heavy (non-hydrogen) atoms. The molecule has 0 saturated carbocycles. The first-order valence-electron chi connectivity index (χ1n) is 19.6. The second kappa shape index (κ2) is 15.0. The van der Waals surface area contributed by atoms with Crippen LogP contribution in [0, 0.1) is 0 Å². The molecule has 0 unspecified atom stereocenters. The molecule has 0 aliphatic heterocycles. The Kier molecular flexibility index (Phi) is 8.95. The zero-order chi connectivity index (χ0) is 38.0. The highest BCUT2D eigenvalue weighted by Crippen LogP contribution is 2.43. The van der Waals surface area contributed by atoms with E-state index in [2.05, 4.69) is 241 Å². The third-order valence-corrected chi connectivity index (χ3v) is 11.1. The first-order valence-corrected chi connectivity index (χ1v) is 19.6. The topological polar surface area (TPSA) is 3.24 Å². The molecule has 0 spiro atoms. The average molecular weight is 726 g/mol. The number of benzene rings is 10. The van der Waals surface area contributed by atoms with Crippen molar-refractivity contribution in [2.24, 2.45) is 0 Å². The lowest BCUT2D eigenvalue weighted by Crippen LogP contribution is -2.10. The summed E-state index contributed by atoms with van der Waals surface area (Å²) in [5.41, 5.74) is 15.3. The van der Waals surface area contributed by atoms with E-state index in [-0.39, 0.29) is 0 Å². The zero-order valence-corrected chi connectivity index (χ0v) is 31.5. The molecule has 10 aromatic rings. The molecule has 0 heterocycles. The van der Waals surface area contributed by atoms with Crippen molar-refractivity contribution in [1.82, 2.24) is 0 Å². The Labute approximate surface area is 334 Å². The maximum absolute atomic E-state index is 2.39. The van der Waals surface area contributed by atoms with Crippen molar-refractivity contribution >= 4 is 38.6 Å². The van der Waals surface area contributed by atoms with Gasteiger partial charge in [-0.1, -0.05) is 194 Å². The molecule has 0 aliphatic carbocycles. The van der Waals surface area contributed by atoms with Gasteiger partial charge in [0, 0.05) is 17.1 Å². The van der Waals surface area contributed by atoms with E-state index in [4.69, 9.17) is 0 Å².